The maximum Gasteiger partial charge on any atom is 0.435 e. The highest BCUT2D eigenvalue weighted by atomic mass is 35.5. The van der Waals surface area contributed by atoms with Crippen LogP contribution in [0, 0.1) is 0 Å². The number of nitrogens with zero attached hydrogens (tertiary/aromatic N) is 7. The number of urea groups is 1. The first-order chi connectivity index (χ1) is 23.7. The van der Waals surface area contributed by atoms with Gasteiger partial charge in [0, 0.05) is 63.5 Å². The summed E-state index contributed by atoms with van der Waals surface area (Å²) in [5, 5.41) is 29.2. The number of alkyl halides is 5. The van der Waals surface area contributed by atoms with Crippen LogP contribution in [-0.4, -0.2) is 120 Å². The van der Waals surface area contributed by atoms with Crippen LogP contribution in [0.15, 0.2) is 43.0 Å². The van der Waals surface area contributed by atoms with Crippen LogP contribution in [0.25, 0.3) is 16.9 Å². The molecule has 5 heterocycles. The van der Waals surface area contributed by atoms with E-state index in [1.165, 1.54) is 28.9 Å². The lowest BCUT2D eigenvalue weighted by atomic mass is 9.98. The van der Waals surface area contributed by atoms with Gasteiger partial charge in [-0.25, -0.2) is 23.5 Å². The van der Waals surface area contributed by atoms with E-state index in [0.29, 0.717) is 36.5 Å². The van der Waals surface area contributed by atoms with Gasteiger partial charge >= 0.3 is 12.2 Å². The molecule has 5 N–H and O–H groups in total. The van der Waals surface area contributed by atoms with Gasteiger partial charge < -0.3 is 36.0 Å². The molecule has 0 unspecified atom stereocenters. The molecule has 50 heavy (non-hydrogen) atoms. The molecule has 0 bridgehead atoms. The molecule has 0 radical (unpaired) electrons. The van der Waals surface area contributed by atoms with Crippen molar-refractivity contribution >= 4 is 47.2 Å². The molecule has 1 aromatic carbocycles. The lowest BCUT2D eigenvalue weighted by molar-refractivity contribution is -0.141. The van der Waals surface area contributed by atoms with Gasteiger partial charge in [0.15, 0.2) is 17.2 Å². The highest BCUT2D eigenvalue weighted by Crippen LogP contribution is 2.37. The number of nitrogens with one attached hydrogen (secondary N) is 3. The lowest BCUT2D eigenvalue weighted by Gasteiger charge is -2.39. The van der Waals surface area contributed by atoms with Crippen LogP contribution in [0.1, 0.15) is 16.1 Å². The van der Waals surface area contributed by atoms with E-state index in [9.17, 15) is 36.6 Å². The van der Waals surface area contributed by atoms with Crippen LogP contribution in [0.4, 0.5) is 38.3 Å². The maximum atomic E-state index is 13.7. The quantitative estimate of drug-likeness (QED) is 0.134. The minimum atomic E-state index is -4.91. The van der Waals surface area contributed by atoms with Gasteiger partial charge in [0.2, 0.25) is 0 Å². The number of halogens is 6. The summed E-state index contributed by atoms with van der Waals surface area (Å²) in [6.07, 6.45) is -3.05. The van der Waals surface area contributed by atoms with Crippen molar-refractivity contribution in [3.8, 4) is 11.3 Å². The minimum Gasteiger partial charge on any atom is -0.483 e. The van der Waals surface area contributed by atoms with Crippen molar-refractivity contribution in [2.75, 3.05) is 51.1 Å². The van der Waals surface area contributed by atoms with Gasteiger partial charge in [-0.3, -0.25) is 18.7 Å². The molecule has 21 heteroatoms. The summed E-state index contributed by atoms with van der Waals surface area (Å²) in [4.78, 5) is 45.7. The van der Waals surface area contributed by atoms with Crippen molar-refractivity contribution < 1.29 is 46.5 Å². The molecule has 0 aliphatic carbocycles. The van der Waals surface area contributed by atoms with Gasteiger partial charge in [0.1, 0.15) is 12.1 Å². The number of aliphatic hydroxyl groups is 1. The Morgan fingerprint density at radius 2 is 1.80 bits per heavy atom. The first kappa shape index (κ1) is 36.2. The molecule has 6 rings (SSSR count). The van der Waals surface area contributed by atoms with E-state index in [0.717, 1.165) is 12.4 Å². The minimum absolute atomic E-state index is 0.0391. The Hall–Kier alpha value is -5.08. The number of carbonyl (C=O) groups is 3. The SMILES string of the molecule is O=C(NCC1(O)CNC1)N1CCN(C(=O)c2ccc(Nc3nccn4c(-c5cn(CC(F)F)nc5C(F)(F)F)cnc34)cc2Cl)CC1.O=CO. The van der Waals surface area contributed by atoms with Crippen molar-refractivity contribution in [2.24, 2.45) is 0 Å². The maximum absolute atomic E-state index is 13.7. The predicted octanol–water partition coefficient (Wildman–Crippen LogP) is 2.78. The molecule has 268 valence electrons. The van der Waals surface area contributed by atoms with E-state index >= 15 is 0 Å². The number of anilines is 2. The topological polar surface area (TPSA) is 182 Å². The second-order valence-corrected chi connectivity index (χ2v) is 11.7. The van der Waals surface area contributed by atoms with Crippen molar-refractivity contribution in [2.45, 2.75) is 24.7 Å². The van der Waals surface area contributed by atoms with Crippen molar-refractivity contribution in [3.05, 3.63) is 59.3 Å². The second kappa shape index (κ2) is 14.8. The van der Waals surface area contributed by atoms with E-state index in [1.807, 2.05) is 0 Å². The number of carbonyl (C=O) groups excluding carboxylic acids is 2. The average Bonchev–Trinajstić information content (AvgIpc) is 3.68. The highest BCUT2D eigenvalue weighted by Gasteiger charge is 2.39. The molecule has 2 saturated heterocycles. The van der Waals surface area contributed by atoms with Gasteiger partial charge in [-0.1, -0.05) is 11.6 Å². The third kappa shape index (κ3) is 8.03. The molecule has 2 fully saturated rings. The molecule has 0 spiro atoms. The summed E-state index contributed by atoms with van der Waals surface area (Å²) in [6.45, 7) is 0.843. The zero-order valence-electron chi connectivity index (χ0n) is 25.9. The summed E-state index contributed by atoms with van der Waals surface area (Å²) >= 11 is 6.49. The number of fused-ring (bicyclic) bond motifs is 1. The standard InChI is InChI=1S/C28H28ClF5N10O3.CH2O2/c29-19-9-16(1-2-17(19)25(45)41-5-7-42(8-6-41)26(46)38-15-27(47)13-35-14-27)39-23-24-37-10-20(44(24)4-3-36-23)18-11-43(12-21(30)31)40-22(18)28(32,33)34;2-1-3/h1-4,9-11,21,35,47H,5-8,12-15H2,(H,36,39)(H,38,46);1H,(H,2,3). The normalized spacial score (nSPS) is 15.7. The number of piperazine rings is 1. The Morgan fingerprint density at radius 3 is 2.40 bits per heavy atom. The Morgan fingerprint density at radius 1 is 1.12 bits per heavy atom. The molecule has 3 amide bonds. The average molecular weight is 729 g/mol. The zero-order valence-corrected chi connectivity index (χ0v) is 26.6. The fourth-order valence-electron chi connectivity index (χ4n) is 5.34. The number of imidazole rings is 1. The Bertz CT molecular complexity index is 1860. The molecule has 2 aliphatic rings. The number of amides is 3. The summed E-state index contributed by atoms with van der Waals surface area (Å²) in [7, 11) is 0. The van der Waals surface area contributed by atoms with E-state index in [4.69, 9.17) is 21.5 Å². The lowest BCUT2D eigenvalue weighted by Crippen LogP contribution is -2.65. The number of hydrogen-bond acceptors (Lipinski definition) is 9. The number of benzene rings is 1. The van der Waals surface area contributed by atoms with Gasteiger partial charge in [-0.2, -0.15) is 18.3 Å². The van der Waals surface area contributed by atoms with Crippen LogP contribution < -0.4 is 16.0 Å². The van der Waals surface area contributed by atoms with Gasteiger partial charge in [0.25, 0.3) is 18.8 Å². The second-order valence-electron chi connectivity index (χ2n) is 11.3. The summed E-state index contributed by atoms with van der Waals surface area (Å²) in [6, 6.07) is 4.27. The van der Waals surface area contributed by atoms with Gasteiger partial charge in [-0.15, -0.1) is 0 Å². The number of carboxylic acid groups (broad SMARTS) is 1. The predicted molar refractivity (Wildman–Crippen MR) is 167 cm³/mol. The van der Waals surface area contributed by atoms with Crippen molar-refractivity contribution in [1.29, 1.82) is 0 Å². The first-order valence-electron chi connectivity index (χ1n) is 14.9. The zero-order chi connectivity index (χ0) is 36.2. The highest BCUT2D eigenvalue weighted by molar-refractivity contribution is 6.34. The molecule has 3 aromatic heterocycles. The molecule has 2 aliphatic heterocycles. The fourth-order valence-corrected chi connectivity index (χ4v) is 5.60. The van der Waals surface area contributed by atoms with Crippen molar-refractivity contribution in [3.63, 3.8) is 0 Å². The van der Waals surface area contributed by atoms with Crippen LogP contribution >= 0.6 is 11.6 Å². The Labute approximate surface area is 284 Å². The number of aromatic nitrogens is 5. The van der Waals surface area contributed by atoms with E-state index in [-0.39, 0.29) is 65.8 Å². The molecule has 0 atom stereocenters. The number of hydrogen-bond donors (Lipinski definition) is 5. The summed E-state index contributed by atoms with van der Waals surface area (Å²) in [5.74, 6) is -0.181. The van der Waals surface area contributed by atoms with Crippen LogP contribution in [0.3, 0.4) is 0 Å². The molecule has 0 saturated carbocycles. The van der Waals surface area contributed by atoms with Crippen LogP contribution in [0.2, 0.25) is 5.02 Å². The third-order valence-corrected chi connectivity index (χ3v) is 8.17. The third-order valence-electron chi connectivity index (χ3n) is 7.85. The monoisotopic (exact) mass is 728 g/mol. The largest absolute Gasteiger partial charge is 0.483 e. The molecular formula is C29H30ClF5N10O5. The van der Waals surface area contributed by atoms with Gasteiger partial charge in [-0.05, 0) is 18.2 Å². The van der Waals surface area contributed by atoms with E-state index in [1.54, 1.807) is 15.9 Å². The van der Waals surface area contributed by atoms with Crippen LogP contribution in [-0.2, 0) is 17.5 Å². The smallest absolute Gasteiger partial charge is 0.435 e. The number of β-amino-alcohol motifs (C(OH)–C–C–N with tert-alkyl or cyclic N) is 1. The first-order valence-corrected chi connectivity index (χ1v) is 15.3. The Kier molecular flexibility index (Phi) is 10.7. The summed E-state index contributed by atoms with van der Waals surface area (Å²) < 4.78 is 68.9. The van der Waals surface area contributed by atoms with E-state index in [2.05, 4.69) is 31.0 Å². The van der Waals surface area contributed by atoms with Gasteiger partial charge in [0.05, 0.1) is 34.6 Å². The molecule has 15 nitrogen and oxygen atoms in total. The molecular weight excluding hydrogens is 699 g/mol. The fraction of sp³-hybridized carbons (Fsp3) is 0.379. The van der Waals surface area contributed by atoms with E-state index < -0.39 is 36.0 Å². The van der Waals surface area contributed by atoms with Crippen LogP contribution in [0.5, 0.6) is 0 Å². The molecule has 4 aromatic rings. The van der Waals surface area contributed by atoms with Crippen molar-refractivity contribution in [1.82, 2.24) is 44.6 Å². The summed E-state index contributed by atoms with van der Waals surface area (Å²) in [5.41, 5.74) is -1.98. The number of rotatable bonds is 8. The Balaban J connectivity index is 0.00000156.